The second-order valence-electron chi connectivity index (χ2n) is 10.3. The van der Waals surface area contributed by atoms with E-state index in [4.69, 9.17) is 4.98 Å². The van der Waals surface area contributed by atoms with Gasteiger partial charge in [0, 0.05) is 43.0 Å². The number of likely N-dealkylation sites (N-methyl/N-ethyl adjacent to an activating group) is 1. The largest absolute Gasteiger partial charge is 0.324 e. The zero-order chi connectivity index (χ0) is 25.2. The number of nitrogens with one attached hydrogen (secondary N) is 1. The second-order valence-corrected chi connectivity index (χ2v) is 10.3. The van der Waals surface area contributed by atoms with Gasteiger partial charge in [-0.1, -0.05) is 6.07 Å². The van der Waals surface area contributed by atoms with Crippen molar-refractivity contribution >= 4 is 22.7 Å². The van der Waals surface area contributed by atoms with E-state index in [1.54, 1.807) is 21.6 Å². The van der Waals surface area contributed by atoms with Crippen LogP contribution in [-0.4, -0.2) is 47.6 Å². The van der Waals surface area contributed by atoms with Crippen LogP contribution in [0.2, 0.25) is 0 Å². The number of benzene rings is 1. The topological polar surface area (TPSA) is 103 Å². The maximum Gasteiger partial charge on any atom is 0.278 e. The fourth-order valence-electron chi connectivity index (χ4n) is 5.48. The van der Waals surface area contributed by atoms with E-state index in [9.17, 15) is 9.59 Å². The Bertz CT molecular complexity index is 1610. The fourth-order valence-corrected chi connectivity index (χ4v) is 5.48. The summed E-state index contributed by atoms with van der Waals surface area (Å²) in [7, 11) is 2.17. The molecule has 1 aliphatic heterocycles. The van der Waals surface area contributed by atoms with Crippen LogP contribution in [0.5, 0.6) is 0 Å². The van der Waals surface area contributed by atoms with Crippen LogP contribution in [0, 0.1) is 0 Å². The summed E-state index contributed by atoms with van der Waals surface area (Å²) in [5.41, 5.74) is 4.08. The first kappa shape index (κ1) is 22.7. The van der Waals surface area contributed by atoms with Gasteiger partial charge in [-0.3, -0.25) is 9.59 Å². The average molecular weight is 487 g/mol. The Labute approximate surface area is 208 Å². The number of aromatic nitrogens is 6. The van der Waals surface area contributed by atoms with Gasteiger partial charge in [0.15, 0.2) is 11.5 Å². The minimum atomic E-state index is -0.199. The minimum absolute atomic E-state index is 0.120. The summed E-state index contributed by atoms with van der Waals surface area (Å²) < 4.78 is 4.63. The molecule has 36 heavy (non-hydrogen) atoms. The van der Waals surface area contributed by atoms with Crippen LogP contribution in [0.1, 0.15) is 50.8 Å². The Morgan fingerprint density at radius 2 is 1.94 bits per heavy atom. The first-order chi connectivity index (χ1) is 17.3. The summed E-state index contributed by atoms with van der Waals surface area (Å²) in [4.78, 5) is 36.9. The van der Waals surface area contributed by atoms with Gasteiger partial charge in [0.05, 0.1) is 6.04 Å². The number of nitrogens with zero attached hydrogens (tertiary/aromatic N) is 7. The molecule has 0 bridgehead atoms. The number of hydrogen-bond donors (Lipinski definition) is 1. The standard InChI is InChI=1S/C26H30N8O2/c1-5-32-24(36)19-13-27-25(29-23(19)34(32)21-8-9-22(35)33(30-21)16(2)3)28-18-6-7-20-17(12-18)14-31(4)15-26(20)10-11-26/h6-9,12-13,16H,5,10-11,14-15H2,1-4H3,(H,27,28,29). The number of hydrogen-bond acceptors (Lipinski definition) is 7. The summed E-state index contributed by atoms with van der Waals surface area (Å²) in [5, 5.41) is 8.25. The Balaban J connectivity index is 1.42. The van der Waals surface area contributed by atoms with Gasteiger partial charge in [-0.05, 0) is 70.0 Å². The van der Waals surface area contributed by atoms with E-state index >= 15 is 0 Å². The molecule has 4 aromatic rings. The second kappa shape index (κ2) is 8.12. The molecular weight excluding hydrogens is 456 g/mol. The Morgan fingerprint density at radius 3 is 2.67 bits per heavy atom. The highest BCUT2D eigenvalue weighted by atomic mass is 16.1. The minimum Gasteiger partial charge on any atom is -0.324 e. The maximum atomic E-state index is 13.1. The van der Waals surface area contributed by atoms with E-state index in [0.717, 1.165) is 18.8 Å². The molecule has 186 valence electrons. The molecule has 0 atom stereocenters. The van der Waals surface area contributed by atoms with Crippen molar-refractivity contribution in [2.45, 2.75) is 58.2 Å². The van der Waals surface area contributed by atoms with Gasteiger partial charge in [-0.15, -0.1) is 5.10 Å². The zero-order valence-electron chi connectivity index (χ0n) is 21.0. The van der Waals surface area contributed by atoms with Crippen molar-refractivity contribution in [3.05, 3.63) is 68.4 Å². The number of rotatable bonds is 5. The van der Waals surface area contributed by atoms with Gasteiger partial charge in [-0.25, -0.2) is 19.0 Å². The number of anilines is 2. The van der Waals surface area contributed by atoms with E-state index < -0.39 is 0 Å². The van der Waals surface area contributed by atoms with Crippen molar-refractivity contribution in [1.82, 2.24) is 34.0 Å². The molecule has 2 aliphatic rings. The third kappa shape index (κ3) is 3.55. The van der Waals surface area contributed by atoms with Gasteiger partial charge in [-0.2, -0.15) is 4.98 Å². The van der Waals surface area contributed by atoms with Crippen molar-refractivity contribution in [1.29, 1.82) is 0 Å². The normalized spacial score (nSPS) is 16.6. The van der Waals surface area contributed by atoms with E-state index in [0.29, 0.717) is 34.8 Å². The van der Waals surface area contributed by atoms with Crippen LogP contribution in [-0.2, 0) is 18.5 Å². The highest BCUT2D eigenvalue weighted by molar-refractivity contribution is 5.77. The molecular formula is C26H30N8O2. The van der Waals surface area contributed by atoms with Gasteiger partial charge in [0.25, 0.3) is 11.1 Å². The molecule has 0 saturated heterocycles. The lowest BCUT2D eigenvalue weighted by Crippen LogP contribution is -2.35. The van der Waals surface area contributed by atoms with E-state index in [-0.39, 0.29) is 17.2 Å². The first-order valence-electron chi connectivity index (χ1n) is 12.5. The van der Waals surface area contributed by atoms with E-state index in [1.807, 2.05) is 20.8 Å². The maximum absolute atomic E-state index is 13.1. The average Bonchev–Trinajstić information content (AvgIpc) is 3.55. The van der Waals surface area contributed by atoms with Crippen LogP contribution in [0.4, 0.5) is 11.6 Å². The van der Waals surface area contributed by atoms with Crippen LogP contribution < -0.4 is 16.4 Å². The third-order valence-corrected chi connectivity index (χ3v) is 7.29. The van der Waals surface area contributed by atoms with Crippen molar-refractivity contribution in [2.24, 2.45) is 0 Å². The van der Waals surface area contributed by atoms with Gasteiger partial charge >= 0.3 is 0 Å². The smallest absolute Gasteiger partial charge is 0.278 e. The molecule has 1 aromatic carbocycles. The van der Waals surface area contributed by atoms with E-state index in [1.165, 1.54) is 34.7 Å². The molecule has 1 saturated carbocycles. The quantitative estimate of drug-likeness (QED) is 0.463. The molecule has 0 amide bonds. The third-order valence-electron chi connectivity index (χ3n) is 7.29. The lowest BCUT2D eigenvalue weighted by molar-refractivity contribution is 0.271. The molecule has 0 unspecified atom stereocenters. The summed E-state index contributed by atoms with van der Waals surface area (Å²) in [6.07, 6.45) is 4.06. The van der Waals surface area contributed by atoms with Crippen LogP contribution in [0.15, 0.2) is 46.1 Å². The van der Waals surface area contributed by atoms with Crippen LogP contribution in [0.3, 0.4) is 0 Å². The highest BCUT2D eigenvalue weighted by Gasteiger charge is 2.48. The predicted octanol–water partition coefficient (Wildman–Crippen LogP) is 2.96. The molecule has 3 aromatic heterocycles. The van der Waals surface area contributed by atoms with Crippen molar-refractivity contribution < 1.29 is 0 Å². The van der Waals surface area contributed by atoms with Gasteiger partial charge < -0.3 is 10.2 Å². The van der Waals surface area contributed by atoms with E-state index in [2.05, 4.69) is 45.5 Å². The first-order valence-corrected chi connectivity index (χ1v) is 12.5. The lowest BCUT2D eigenvalue weighted by atomic mass is 9.87. The molecule has 0 radical (unpaired) electrons. The molecule has 4 heterocycles. The molecule has 10 heteroatoms. The molecule has 1 fully saturated rings. The van der Waals surface area contributed by atoms with Gasteiger partial charge in [0.1, 0.15) is 5.39 Å². The summed E-state index contributed by atoms with van der Waals surface area (Å²) in [6.45, 7) is 8.13. The molecule has 1 spiro atoms. The molecule has 1 N–H and O–H groups in total. The monoisotopic (exact) mass is 486 g/mol. The predicted molar refractivity (Wildman–Crippen MR) is 138 cm³/mol. The van der Waals surface area contributed by atoms with Gasteiger partial charge in [0.2, 0.25) is 5.95 Å². The Kier molecular flexibility index (Phi) is 5.11. The summed E-state index contributed by atoms with van der Waals surface area (Å²) >= 11 is 0. The summed E-state index contributed by atoms with van der Waals surface area (Å²) in [6, 6.07) is 9.47. The van der Waals surface area contributed by atoms with Crippen molar-refractivity contribution in [3.63, 3.8) is 0 Å². The van der Waals surface area contributed by atoms with Crippen LogP contribution in [0.25, 0.3) is 16.9 Å². The number of fused-ring (bicyclic) bond motifs is 3. The lowest BCUT2D eigenvalue weighted by Gasteiger charge is -2.32. The highest BCUT2D eigenvalue weighted by Crippen LogP contribution is 2.52. The Morgan fingerprint density at radius 1 is 1.14 bits per heavy atom. The SMILES string of the molecule is CCn1c(=O)c2cnc(Nc3ccc4c(c3)CN(C)CC43CC3)nc2n1-c1ccc(=O)n(C(C)C)n1. The molecule has 6 rings (SSSR count). The molecule has 10 nitrogen and oxygen atoms in total. The fraction of sp³-hybridized carbons (Fsp3) is 0.423. The summed E-state index contributed by atoms with van der Waals surface area (Å²) in [5.74, 6) is 0.848. The zero-order valence-corrected chi connectivity index (χ0v) is 21.0. The van der Waals surface area contributed by atoms with Crippen molar-refractivity contribution in [3.8, 4) is 5.82 Å². The van der Waals surface area contributed by atoms with Crippen LogP contribution >= 0.6 is 0 Å². The Hall–Kier alpha value is -3.79. The molecule has 1 aliphatic carbocycles. The van der Waals surface area contributed by atoms with Crippen molar-refractivity contribution in [2.75, 3.05) is 18.9 Å².